The topological polar surface area (TPSA) is 102 Å². The number of rotatable bonds is 9. The lowest BCUT2D eigenvalue weighted by atomic mass is 9.99. The van der Waals surface area contributed by atoms with E-state index in [4.69, 9.17) is 4.74 Å². The molecule has 3 fully saturated rings. The Balaban J connectivity index is 0.000000586. The summed E-state index contributed by atoms with van der Waals surface area (Å²) in [6, 6.07) is 0.0313. The number of morpholine rings is 1. The van der Waals surface area contributed by atoms with E-state index >= 15 is 0 Å². The SMILES string of the molecule is C/C(=C\[C@H](C(C)C)N(C)C(=O)CNC=O)C(=O)N1CCC[C@H]1C(=O)N1CCOCC1.CC(C)C.CC(C)N1CCCCC1. The van der Waals surface area contributed by atoms with Crippen LogP contribution in [0.2, 0.25) is 0 Å². The monoisotopic (exact) mass is 607 g/mol. The first-order valence-corrected chi connectivity index (χ1v) is 16.3. The Morgan fingerprint density at radius 1 is 0.907 bits per heavy atom. The number of likely N-dealkylation sites (tertiary alicyclic amines) is 2. The molecule has 0 aromatic carbocycles. The maximum Gasteiger partial charge on any atom is 0.249 e. The number of carbonyl (C=O) groups is 4. The van der Waals surface area contributed by atoms with Crippen molar-refractivity contribution in [3.8, 4) is 0 Å². The smallest absolute Gasteiger partial charge is 0.249 e. The number of piperidine rings is 1. The van der Waals surface area contributed by atoms with Crippen LogP contribution in [0, 0.1) is 11.8 Å². The van der Waals surface area contributed by atoms with E-state index in [1.807, 2.05) is 13.8 Å². The minimum absolute atomic E-state index is 0.00964. The number of hydrogen-bond acceptors (Lipinski definition) is 6. The fraction of sp³-hybridized carbons (Fsp3) is 0.818. The first kappa shape index (κ1) is 38.6. The van der Waals surface area contributed by atoms with Gasteiger partial charge in [0.2, 0.25) is 24.1 Å². The number of nitrogens with one attached hydrogen (secondary N) is 1. The lowest BCUT2D eigenvalue weighted by Gasteiger charge is -2.33. The summed E-state index contributed by atoms with van der Waals surface area (Å²) in [5.41, 5.74) is 0.512. The van der Waals surface area contributed by atoms with Crippen LogP contribution in [0.3, 0.4) is 0 Å². The molecule has 1 N–H and O–H groups in total. The molecule has 3 aliphatic heterocycles. The third kappa shape index (κ3) is 13.8. The molecular weight excluding hydrogens is 546 g/mol. The van der Waals surface area contributed by atoms with Crippen LogP contribution in [0.15, 0.2) is 11.6 Å². The Morgan fingerprint density at radius 2 is 1.49 bits per heavy atom. The zero-order valence-electron chi connectivity index (χ0n) is 28.6. The molecule has 2 atom stereocenters. The van der Waals surface area contributed by atoms with E-state index in [0.717, 1.165) is 18.4 Å². The third-order valence-corrected chi connectivity index (χ3v) is 7.86. The molecule has 0 bridgehead atoms. The second-order valence-corrected chi connectivity index (χ2v) is 13.1. The highest BCUT2D eigenvalue weighted by Crippen LogP contribution is 2.23. The summed E-state index contributed by atoms with van der Waals surface area (Å²) >= 11 is 0. The highest BCUT2D eigenvalue weighted by atomic mass is 16.5. The van der Waals surface area contributed by atoms with Gasteiger partial charge < -0.3 is 29.7 Å². The van der Waals surface area contributed by atoms with Crippen molar-refractivity contribution in [1.82, 2.24) is 24.9 Å². The Morgan fingerprint density at radius 3 is 1.98 bits per heavy atom. The summed E-state index contributed by atoms with van der Waals surface area (Å²) in [5.74, 6) is 0.488. The Hall–Kier alpha value is -2.46. The summed E-state index contributed by atoms with van der Waals surface area (Å²) in [7, 11) is 1.66. The van der Waals surface area contributed by atoms with Gasteiger partial charge in [-0.25, -0.2) is 0 Å². The molecule has 0 spiro atoms. The van der Waals surface area contributed by atoms with Crippen molar-refractivity contribution in [1.29, 1.82) is 0 Å². The lowest BCUT2D eigenvalue weighted by Crippen LogP contribution is -2.51. The van der Waals surface area contributed by atoms with Crippen LogP contribution in [-0.4, -0.2) is 121 Å². The average molecular weight is 608 g/mol. The molecule has 10 nitrogen and oxygen atoms in total. The van der Waals surface area contributed by atoms with Crippen LogP contribution >= 0.6 is 0 Å². The maximum absolute atomic E-state index is 13.2. The van der Waals surface area contributed by atoms with E-state index in [2.05, 4.69) is 44.8 Å². The first-order valence-electron chi connectivity index (χ1n) is 16.3. The molecule has 3 rings (SSSR count). The predicted molar refractivity (Wildman–Crippen MR) is 172 cm³/mol. The van der Waals surface area contributed by atoms with Crippen molar-refractivity contribution >= 4 is 24.1 Å². The molecule has 10 heteroatoms. The molecule has 3 heterocycles. The van der Waals surface area contributed by atoms with Crippen LogP contribution in [0.1, 0.15) is 87.5 Å². The summed E-state index contributed by atoms with van der Waals surface area (Å²) in [6.45, 7) is 22.0. The summed E-state index contributed by atoms with van der Waals surface area (Å²) in [4.78, 5) is 56.4. The van der Waals surface area contributed by atoms with Crippen LogP contribution in [0.5, 0.6) is 0 Å². The van der Waals surface area contributed by atoms with Gasteiger partial charge in [-0.1, -0.05) is 47.1 Å². The van der Waals surface area contributed by atoms with Crippen LogP contribution in [0.4, 0.5) is 0 Å². The van der Waals surface area contributed by atoms with Crippen molar-refractivity contribution < 1.29 is 23.9 Å². The van der Waals surface area contributed by atoms with Gasteiger partial charge in [0.25, 0.3) is 0 Å². The Kier molecular flexibility index (Phi) is 18.4. The van der Waals surface area contributed by atoms with Gasteiger partial charge in [-0.3, -0.25) is 19.2 Å². The molecule has 0 radical (unpaired) electrons. The van der Waals surface area contributed by atoms with Gasteiger partial charge in [-0.05, 0) is 71.4 Å². The third-order valence-electron chi connectivity index (χ3n) is 7.86. The van der Waals surface area contributed by atoms with Crippen LogP contribution in [-0.2, 0) is 23.9 Å². The molecule has 3 aliphatic rings. The van der Waals surface area contributed by atoms with E-state index in [1.54, 1.807) is 29.8 Å². The van der Waals surface area contributed by atoms with Crippen molar-refractivity contribution in [2.45, 2.75) is 106 Å². The zero-order valence-corrected chi connectivity index (χ0v) is 28.6. The van der Waals surface area contributed by atoms with Crippen LogP contribution in [0.25, 0.3) is 0 Å². The molecular formula is C33H61N5O5. The van der Waals surface area contributed by atoms with Crippen LogP contribution < -0.4 is 5.32 Å². The molecule has 4 amide bonds. The summed E-state index contributed by atoms with van der Waals surface area (Å²) in [6.07, 6.45) is 8.02. The van der Waals surface area contributed by atoms with E-state index in [9.17, 15) is 19.2 Å². The highest BCUT2D eigenvalue weighted by molar-refractivity contribution is 5.97. The van der Waals surface area contributed by atoms with Gasteiger partial charge >= 0.3 is 0 Å². The summed E-state index contributed by atoms with van der Waals surface area (Å²) < 4.78 is 5.32. The Labute approximate surface area is 261 Å². The van der Waals surface area contributed by atoms with Crippen molar-refractivity contribution in [3.05, 3.63) is 11.6 Å². The lowest BCUT2D eigenvalue weighted by molar-refractivity contribution is -0.145. The predicted octanol–water partition coefficient (Wildman–Crippen LogP) is 3.55. The minimum Gasteiger partial charge on any atom is -0.378 e. The van der Waals surface area contributed by atoms with E-state index in [0.29, 0.717) is 51.3 Å². The van der Waals surface area contributed by atoms with Gasteiger partial charge in [-0.2, -0.15) is 0 Å². The first-order chi connectivity index (χ1) is 20.3. The maximum atomic E-state index is 13.2. The fourth-order valence-electron chi connectivity index (χ4n) is 5.42. The number of nitrogens with zero attached hydrogens (tertiary/aromatic N) is 4. The van der Waals surface area contributed by atoms with Crippen molar-refractivity contribution in [3.63, 3.8) is 0 Å². The van der Waals surface area contributed by atoms with Gasteiger partial charge in [0.15, 0.2) is 0 Å². The standard InChI is InChI=1S/C21H34N4O5.C8H17N.C4H10/c1-15(2)18(23(4)19(27)13-22-14-26)12-16(3)20(28)25-7-5-6-17(25)21(29)24-8-10-30-11-9-24;1-8(2)9-6-4-3-5-7-9;1-4(2)3/h12,14-15,17-18H,5-11,13H2,1-4H3,(H,22,26);8H,3-7H2,1-2H3;4H,1-3H3/b16-12+;;/t17-,18+;;/m0../s1. The largest absolute Gasteiger partial charge is 0.378 e. The van der Waals surface area contributed by atoms with Crippen molar-refractivity contribution in [2.24, 2.45) is 11.8 Å². The number of likely N-dealkylation sites (N-methyl/N-ethyl adjacent to an activating group) is 1. The molecule has 3 saturated heterocycles. The fourth-order valence-corrected chi connectivity index (χ4v) is 5.42. The number of carbonyl (C=O) groups excluding carboxylic acids is 4. The van der Waals surface area contributed by atoms with Gasteiger partial charge in [0, 0.05) is 38.3 Å². The molecule has 0 unspecified atom stereocenters. The molecule has 248 valence electrons. The molecule has 0 aromatic rings. The average Bonchev–Trinajstić information content (AvgIpc) is 3.48. The minimum atomic E-state index is -0.437. The summed E-state index contributed by atoms with van der Waals surface area (Å²) in [5, 5.41) is 2.37. The second-order valence-electron chi connectivity index (χ2n) is 13.1. The van der Waals surface area contributed by atoms with E-state index in [1.165, 1.54) is 37.3 Å². The van der Waals surface area contributed by atoms with Gasteiger partial charge in [0.1, 0.15) is 6.04 Å². The number of hydrogen-bond donors (Lipinski definition) is 1. The highest BCUT2D eigenvalue weighted by Gasteiger charge is 2.37. The van der Waals surface area contributed by atoms with E-state index in [-0.39, 0.29) is 36.2 Å². The number of ether oxygens (including phenoxy) is 1. The quantitative estimate of drug-likeness (QED) is 0.318. The van der Waals surface area contributed by atoms with Gasteiger partial charge in [-0.15, -0.1) is 0 Å². The normalized spacial score (nSPS) is 20.2. The second kappa shape index (κ2) is 20.5. The molecule has 0 aromatic heterocycles. The van der Waals surface area contributed by atoms with Gasteiger partial charge in [0.05, 0.1) is 25.8 Å². The van der Waals surface area contributed by atoms with Crippen molar-refractivity contribution in [2.75, 3.05) is 59.5 Å². The molecule has 43 heavy (non-hydrogen) atoms. The molecule has 0 saturated carbocycles. The number of amides is 4. The zero-order chi connectivity index (χ0) is 32.5. The molecule has 0 aliphatic carbocycles. The van der Waals surface area contributed by atoms with E-state index < -0.39 is 6.04 Å². The Bertz CT molecular complexity index is 876.